The van der Waals surface area contributed by atoms with E-state index in [-0.39, 0.29) is 11.9 Å². The first-order valence-electron chi connectivity index (χ1n) is 11.3. The molecular formula is C26H27ClFN5. The number of aromatic nitrogens is 3. The van der Waals surface area contributed by atoms with Gasteiger partial charge in [0.25, 0.3) is 0 Å². The van der Waals surface area contributed by atoms with Crippen molar-refractivity contribution in [2.24, 2.45) is 0 Å². The zero-order valence-electron chi connectivity index (χ0n) is 18.9. The highest BCUT2D eigenvalue weighted by Crippen LogP contribution is 2.30. The molecule has 0 spiro atoms. The predicted molar refractivity (Wildman–Crippen MR) is 130 cm³/mol. The molecule has 0 aliphatic carbocycles. The molecule has 0 saturated carbocycles. The number of piperidine rings is 1. The maximum atomic E-state index is 14.3. The number of halogens is 2. The highest BCUT2D eigenvalue weighted by molar-refractivity contribution is 6.31. The van der Waals surface area contributed by atoms with E-state index >= 15 is 0 Å². The molecule has 5 nitrogen and oxygen atoms in total. The third-order valence-electron chi connectivity index (χ3n) is 6.60. The Morgan fingerprint density at radius 3 is 2.55 bits per heavy atom. The molecule has 0 radical (unpaired) electrons. The van der Waals surface area contributed by atoms with Gasteiger partial charge in [-0.1, -0.05) is 35.9 Å². The Bertz CT molecular complexity index is 1380. The Kier molecular flexibility index (Phi) is 5.71. The minimum absolute atomic E-state index is 0.121. The Hall–Kier alpha value is -3.12. The summed E-state index contributed by atoms with van der Waals surface area (Å²) in [4.78, 5) is 7.07. The lowest BCUT2D eigenvalue weighted by molar-refractivity contribution is 0.385. The van der Waals surface area contributed by atoms with Crippen molar-refractivity contribution in [3.05, 3.63) is 87.9 Å². The van der Waals surface area contributed by atoms with Crippen LogP contribution in [0.5, 0.6) is 0 Å². The molecule has 5 rings (SSSR count). The summed E-state index contributed by atoms with van der Waals surface area (Å²) >= 11 is 6.40. The summed E-state index contributed by atoms with van der Waals surface area (Å²) in [6.45, 7) is 6.27. The van der Waals surface area contributed by atoms with Crippen LogP contribution in [0.3, 0.4) is 0 Å². The van der Waals surface area contributed by atoms with Crippen molar-refractivity contribution in [1.29, 1.82) is 5.41 Å². The van der Waals surface area contributed by atoms with E-state index in [1.807, 2.05) is 46.4 Å². The minimum Gasteiger partial charge on any atom is -0.356 e. The molecule has 0 bridgehead atoms. The van der Waals surface area contributed by atoms with Crippen LogP contribution in [0.25, 0.3) is 11.0 Å². The van der Waals surface area contributed by atoms with Gasteiger partial charge in [-0.05, 0) is 68.1 Å². The lowest BCUT2D eigenvalue weighted by atomic mass is 10.0. The molecule has 1 aliphatic heterocycles. The van der Waals surface area contributed by atoms with Gasteiger partial charge in [0.2, 0.25) is 5.62 Å². The van der Waals surface area contributed by atoms with Gasteiger partial charge in [-0.25, -0.2) is 9.37 Å². The zero-order chi connectivity index (χ0) is 23.1. The second kappa shape index (κ2) is 8.67. The van der Waals surface area contributed by atoms with Gasteiger partial charge in [-0.15, -0.1) is 0 Å². The minimum atomic E-state index is -0.289. The summed E-state index contributed by atoms with van der Waals surface area (Å²) in [5, 5.41) is 9.68. The van der Waals surface area contributed by atoms with Gasteiger partial charge in [-0.2, -0.15) is 0 Å². The predicted octanol–water partition coefficient (Wildman–Crippen LogP) is 5.62. The molecule has 2 aromatic carbocycles. The van der Waals surface area contributed by atoms with Crippen LogP contribution in [0, 0.1) is 25.1 Å². The van der Waals surface area contributed by atoms with Crippen LogP contribution in [0.15, 0.2) is 54.6 Å². The number of nitrogens with zero attached hydrogens (tertiary/aromatic N) is 4. The second-order valence-electron chi connectivity index (χ2n) is 8.82. The maximum absolute atomic E-state index is 14.3. The fourth-order valence-electron chi connectivity index (χ4n) is 4.87. The van der Waals surface area contributed by atoms with Crippen LogP contribution >= 0.6 is 11.6 Å². The lowest BCUT2D eigenvalue weighted by Gasteiger charge is -2.34. The molecular weight excluding hydrogens is 437 g/mol. The fourth-order valence-corrected chi connectivity index (χ4v) is 5.07. The number of nitrogens with one attached hydrogen (secondary N) is 1. The lowest BCUT2D eigenvalue weighted by Crippen LogP contribution is -2.38. The molecule has 0 atom stereocenters. The van der Waals surface area contributed by atoms with Crippen LogP contribution in [-0.4, -0.2) is 27.2 Å². The molecule has 0 unspecified atom stereocenters. The van der Waals surface area contributed by atoms with Gasteiger partial charge in [0, 0.05) is 29.8 Å². The number of rotatable bonds is 4. The number of hydrogen-bond donors (Lipinski definition) is 1. The van der Waals surface area contributed by atoms with E-state index < -0.39 is 0 Å². The highest BCUT2D eigenvalue weighted by Gasteiger charge is 2.26. The smallest absolute Gasteiger partial charge is 0.203 e. The third kappa shape index (κ3) is 4.04. The van der Waals surface area contributed by atoms with E-state index in [0.717, 1.165) is 54.0 Å². The van der Waals surface area contributed by atoms with E-state index in [9.17, 15) is 4.39 Å². The number of hydrogen-bond acceptors (Lipinski definition) is 3. The molecule has 4 aromatic rings. The molecule has 33 heavy (non-hydrogen) atoms. The Labute approximate surface area is 197 Å². The standard InChI is InChI=1S/C26H27ClFN5/c1-17-7-8-18(2)30-25(17)31-13-11-21(12-14-31)33-24-15-20(28)9-10-23(24)32(26(33)29)16-19-5-3-4-6-22(19)27/h3-10,15,21,29H,11-14,16H2,1-2H3. The molecule has 1 N–H and O–H groups in total. The first kappa shape index (κ1) is 21.7. The van der Waals surface area contributed by atoms with Crippen molar-refractivity contribution in [1.82, 2.24) is 14.1 Å². The molecule has 0 amide bonds. The van der Waals surface area contributed by atoms with Crippen molar-refractivity contribution in [2.45, 2.75) is 39.3 Å². The first-order valence-corrected chi connectivity index (χ1v) is 11.7. The number of pyridine rings is 1. The molecule has 1 fully saturated rings. The Balaban J connectivity index is 1.49. The van der Waals surface area contributed by atoms with E-state index in [4.69, 9.17) is 22.0 Å². The number of benzene rings is 2. The maximum Gasteiger partial charge on any atom is 0.203 e. The van der Waals surface area contributed by atoms with Gasteiger partial charge < -0.3 is 14.0 Å². The average Bonchev–Trinajstić information content (AvgIpc) is 3.07. The fraction of sp³-hybridized carbons (Fsp3) is 0.308. The number of aryl methyl sites for hydroxylation is 2. The summed E-state index contributed by atoms with van der Waals surface area (Å²) < 4.78 is 18.2. The summed E-state index contributed by atoms with van der Waals surface area (Å²) in [5.41, 5.74) is 5.11. The summed E-state index contributed by atoms with van der Waals surface area (Å²) in [6, 6.07) is 16.7. The van der Waals surface area contributed by atoms with E-state index in [0.29, 0.717) is 17.2 Å². The molecule has 170 valence electrons. The summed E-state index contributed by atoms with van der Waals surface area (Å²) in [7, 11) is 0. The largest absolute Gasteiger partial charge is 0.356 e. The van der Waals surface area contributed by atoms with Gasteiger partial charge >= 0.3 is 0 Å². The van der Waals surface area contributed by atoms with Crippen LogP contribution in [0.4, 0.5) is 10.2 Å². The quantitative estimate of drug-likeness (QED) is 0.427. The summed E-state index contributed by atoms with van der Waals surface area (Å²) in [6.07, 6.45) is 1.74. The van der Waals surface area contributed by atoms with Gasteiger partial charge in [0.05, 0.1) is 17.6 Å². The topological polar surface area (TPSA) is 49.8 Å². The molecule has 2 aromatic heterocycles. The van der Waals surface area contributed by atoms with Gasteiger partial charge in [0.1, 0.15) is 11.6 Å². The second-order valence-corrected chi connectivity index (χ2v) is 9.22. The number of anilines is 1. The number of imidazole rings is 1. The Morgan fingerprint density at radius 1 is 1.03 bits per heavy atom. The van der Waals surface area contributed by atoms with Crippen LogP contribution < -0.4 is 10.5 Å². The van der Waals surface area contributed by atoms with Crippen LogP contribution in [-0.2, 0) is 6.54 Å². The SMILES string of the molecule is Cc1ccc(C)c(N2CCC(n3c(=N)n(Cc4ccccc4Cl)c4ccc(F)cc43)CC2)n1. The van der Waals surface area contributed by atoms with E-state index in [1.165, 1.54) is 11.6 Å². The highest BCUT2D eigenvalue weighted by atomic mass is 35.5. The molecule has 1 aliphatic rings. The summed E-state index contributed by atoms with van der Waals surface area (Å²) in [5.74, 6) is 0.750. The number of fused-ring (bicyclic) bond motifs is 1. The Morgan fingerprint density at radius 2 is 1.79 bits per heavy atom. The first-order chi connectivity index (χ1) is 15.9. The monoisotopic (exact) mass is 463 g/mol. The normalized spacial score (nSPS) is 14.8. The van der Waals surface area contributed by atoms with Crippen molar-refractivity contribution < 1.29 is 4.39 Å². The van der Waals surface area contributed by atoms with E-state index in [2.05, 4.69) is 17.9 Å². The van der Waals surface area contributed by atoms with Crippen molar-refractivity contribution in [2.75, 3.05) is 18.0 Å². The zero-order valence-corrected chi connectivity index (χ0v) is 19.6. The van der Waals surface area contributed by atoms with Crippen LogP contribution in [0.1, 0.15) is 35.7 Å². The van der Waals surface area contributed by atoms with Gasteiger partial charge in [0.15, 0.2) is 0 Å². The van der Waals surface area contributed by atoms with Crippen molar-refractivity contribution in [3.63, 3.8) is 0 Å². The van der Waals surface area contributed by atoms with Crippen molar-refractivity contribution in [3.8, 4) is 0 Å². The molecule has 3 heterocycles. The van der Waals surface area contributed by atoms with Crippen molar-refractivity contribution >= 4 is 28.5 Å². The molecule has 1 saturated heterocycles. The van der Waals surface area contributed by atoms with Crippen LogP contribution in [0.2, 0.25) is 5.02 Å². The third-order valence-corrected chi connectivity index (χ3v) is 6.97. The average molecular weight is 464 g/mol. The van der Waals surface area contributed by atoms with E-state index in [1.54, 1.807) is 12.1 Å². The molecule has 7 heteroatoms. The van der Waals surface area contributed by atoms with Gasteiger partial charge in [-0.3, -0.25) is 5.41 Å².